The zero-order valence-corrected chi connectivity index (χ0v) is 13.4. The van der Waals surface area contributed by atoms with E-state index < -0.39 is 27.5 Å². The van der Waals surface area contributed by atoms with Gasteiger partial charge in [-0.3, -0.25) is 4.79 Å². The number of aromatic carboxylic acids is 1. The van der Waals surface area contributed by atoms with E-state index in [-0.39, 0.29) is 17.0 Å². The van der Waals surface area contributed by atoms with Crippen molar-refractivity contribution >= 4 is 37.6 Å². The predicted molar refractivity (Wildman–Crippen MR) is 79.7 cm³/mol. The fraction of sp³-hybridized carbons (Fsp3) is 0.231. The number of carbonyl (C=O) groups excluding carboxylic acids is 1. The zero-order valence-electron chi connectivity index (χ0n) is 11.0. The van der Waals surface area contributed by atoms with E-state index in [0.29, 0.717) is 10.0 Å². The molecule has 1 aromatic carbocycles. The van der Waals surface area contributed by atoms with Crippen molar-refractivity contribution in [1.29, 1.82) is 0 Å². The first-order chi connectivity index (χ1) is 9.69. The van der Waals surface area contributed by atoms with Crippen molar-refractivity contribution in [1.82, 2.24) is 5.32 Å². The Hall–Kier alpha value is -1.85. The van der Waals surface area contributed by atoms with Gasteiger partial charge < -0.3 is 10.4 Å². The highest BCUT2D eigenvalue weighted by molar-refractivity contribution is 9.10. The van der Waals surface area contributed by atoms with E-state index in [1.807, 2.05) is 0 Å². The van der Waals surface area contributed by atoms with Crippen LogP contribution in [0, 0.1) is 19.3 Å². The first-order valence-corrected chi connectivity index (χ1v) is 8.10. The third-order valence-electron chi connectivity index (χ3n) is 2.59. The van der Waals surface area contributed by atoms with Gasteiger partial charge >= 0.3 is 5.97 Å². The predicted octanol–water partition coefficient (Wildman–Crippen LogP) is 0.979. The number of carboxylic acids is 1. The van der Waals surface area contributed by atoms with Crippen molar-refractivity contribution in [3.63, 3.8) is 0 Å². The van der Waals surface area contributed by atoms with E-state index in [4.69, 9.17) is 11.5 Å². The molecule has 0 saturated carbocycles. The molecule has 0 unspecified atom stereocenters. The van der Waals surface area contributed by atoms with Crippen LogP contribution in [-0.4, -0.2) is 37.7 Å². The number of halogens is 1. The molecule has 1 aromatic rings. The van der Waals surface area contributed by atoms with Crippen molar-refractivity contribution < 1.29 is 23.1 Å². The topological polar surface area (TPSA) is 101 Å². The van der Waals surface area contributed by atoms with Gasteiger partial charge in [0.15, 0.2) is 9.84 Å². The highest BCUT2D eigenvalue weighted by Gasteiger charge is 2.24. The van der Waals surface area contributed by atoms with E-state index in [0.717, 1.165) is 6.07 Å². The lowest BCUT2D eigenvalue weighted by atomic mass is 10.1. The normalized spacial score (nSPS) is 10.7. The van der Waals surface area contributed by atoms with Gasteiger partial charge in [-0.15, -0.1) is 6.42 Å². The SMILES string of the molecule is C#CCNC(=O)CS(=O)(=O)c1cc(C(=O)O)cc(Br)c1C. The van der Waals surface area contributed by atoms with Gasteiger partial charge in [0.1, 0.15) is 5.75 Å². The lowest BCUT2D eigenvalue weighted by Crippen LogP contribution is -2.30. The van der Waals surface area contributed by atoms with E-state index in [1.54, 1.807) is 0 Å². The summed E-state index contributed by atoms with van der Waals surface area (Å²) >= 11 is 3.11. The number of benzene rings is 1. The molecule has 0 aliphatic carbocycles. The third kappa shape index (κ3) is 4.31. The van der Waals surface area contributed by atoms with E-state index in [1.165, 1.54) is 13.0 Å². The Kier molecular flexibility index (Phi) is 5.52. The molecule has 6 nitrogen and oxygen atoms in total. The van der Waals surface area contributed by atoms with Crippen LogP contribution in [0.15, 0.2) is 21.5 Å². The monoisotopic (exact) mass is 373 g/mol. The van der Waals surface area contributed by atoms with Crippen molar-refractivity contribution in [2.24, 2.45) is 0 Å². The van der Waals surface area contributed by atoms with Crippen LogP contribution in [0.5, 0.6) is 0 Å². The maximum atomic E-state index is 12.2. The molecule has 21 heavy (non-hydrogen) atoms. The Morgan fingerprint density at radius 3 is 2.57 bits per heavy atom. The van der Waals surface area contributed by atoms with Crippen molar-refractivity contribution in [3.8, 4) is 12.3 Å². The van der Waals surface area contributed by atoms with Crippen LogP contribution in [0.2, 0.25) is 0 Å². The summed E-state index contributed by atoms with van der Waals surface area (Å²) in [6.07, 6.45) is 4.96. The number of hydrogen-bond donors (Lipinski definition) is 2. The Morgan fingerprint density at radius 1 is 1.43 bits per heavy atom. The van der Waals surface area contributed by atoms with Crippen LogP contribution in [0.25, 0.3) is 0 Å². The van der Waals surface area contributed by atoms with Crippen LogP contribution in [0.3, 0.4) is 0 Å². The number of sulfone groups is 1. The van der Waals surface area contributed by atoms with Gasteiger partial charge in [-0.1, -0.05) is 21.9 Å². The molecule has 0 aliphatic rings. The summed E-state index contributed by atoms with van der Waals surface area (Å²) in [6.45, 7) is 1.44. The number of carboxylic acid groups (broad SMARTS) is 1. The van der Waals surface area contributed by atoms with Crippen LogP contribution in [0.1, 0.15) is 15.9 Å². The van der Waals surface area contributed by atoms with Crippen molar-refractivity contribution in [2.45, 2.75) is 11.8 Å². The first-order valence-electron chi connectivity index (χ1n) is 5.65. The number of terminal acetylenes is 1. The minimum atomic E-state index is -3.97. The second-order valence-corrected chi connectivity index (χ2v) is 6.94. The summed E-state index contributed by atoms with van der Waals surface area (Å²) in [4.78, 5) is 22.3. The summed E-state index contributed by atoms with van der Waals surface area (Å²) in [7, 11) is -3.97. The molecule has 2 N–H and O–H groups in total. The highest BCUT2D eigenvalue weighted by atomic mass is 79.9. The third-order valence-corrected chi connectivity index (χ3v) is 5.15. The van der Waals surface area contributed by atoms with Crippen LogP contribution >= 0.6 is 15.9 Å². The molecule has 0 atom stereocenters. The number of nitrogens with one attached hydrogen (secondary N) is 1. The van der Waals surface area contributed by atoms with Gasteiger partial charge in [0.25, 0.3) is 0 Å². The molecule has 1 amide bonds. The molecule has 0 fully saturated rings. The molecule has 0 aliphatic heterocycles. The zero-order chi connectivity index (χ0) is 16.2. The summed E-state index contributed by atoms with van der Waals surface area (Å²) in [5.74, 6) is -0.650. The molecule has 0 radical (unpaired) electrons. The second-order valence-electron chi connectivity index (χ2n) is 4.13. The Morgan fingerprint density at radius 2 is 2.05 bits per heavy atom. The molecule has 8 heteroatoms. The minimum absolute atomic E-state index is 0.0772. The van der Waals surface area contributed by atoms with Gasteiger partial charge in [0.2, 0.25) is 5.91 Å². The number of amides is 1. The smallest absolute Gasteiger partial charge is 0.335 e. The molecular formula is C13H12BrNO5S. The average Bonchev–Trinajstić information content (AvgIpc) is 2.38. The Bertz CT molecular complexity index is 734. The van der Waals surface area contributed by atoms with E-state index in [2.05, 4.69) is 27.2 Å². The molecule has 0 spiro atoms. The fourth-order valence-corrected chi connectivity index (χ4v) is 3.63. The van der Waals surface area contributed by atoms with Crippen LogP contribution in [-0.2, 0) is 14.6 Å². The van der Waals surface area contributed by atoms with Gasteiger partial charge in [0, 0.05) is 4.47 Å². The van der Waals surface area contributed by atoms with Crippen LogP contribution in [0.4, 0.5) is 0 Å². The molecule has 0 saturated heterocycles. The summed E-state index contributed by atoms with van der Waals surface area (Å²) in [5, 5.41) is 11.2. The van der Waals surface area contributed by atoms with Gasteiger partial charge in [-0.2, -0.15) is 0 Å². The Labute approximate surface area is 130 Å². The Balaban J connectivity index is 3.22. The lowest BCUT2D eigenvalue weighted by molar-refractivity contribution is -0.118. The molecule has 0 aromatic heterocycles. The number of carbonyl (C=O) groups is 2. The van der Waals surface area contributed by atoms with Gasteiger partial charge in [0.05, 0.1) is 17.0 Å². The maximum absolute atomic E-state index is 12.2. The minimum Gasteiger partial charge on any atom is -0.478 e. The molecular weight excluding hydrogens is 362 g/mol. The number of hydrogen-bond acceptors (Lipinski definition) is 4. The van der Waals surface area contributed by atoms with Crippen molar-refractivity contribution in [3.05, 3.63) is 27.7 Å². The van der Waals surface area contributed by atoms with E-state index in [9.17, 15) is 18.0 Å². The molecule has 0 bridgehead atoms. The van der Waals surface area contributed by atoms with Crippen molar-refractivity contribution in [2.75, 3.05) is 12.3 Å². The standard InChI is InChI=1S/C13H12BrNO5S/c1-3-4-15-12(16)7-21(19,20)11-6-9(13(17)18)5-10(14)8(11)2/h1,5-6H,4,7H2,2H3,(H,15,16)(H,17,18). The second kappa shape index (κ2) is 6.74. The van der Waals surface area contributed by atoms with Crippen LogP contribution < -0.4 is 5.32 Å². The summed E-state index contributed by atoms with van der Waals surface area (Å²) in [5.41, 5.74) is 0.153. The molecule has 0 heterocycles. The quantitative estimate of drug-likeness (QED) is 0.749. The largest absolute Gasteiger partial charge is 0.478 e. The molecule has 1 rings (SSSR count). The van der Waals surface area contributed by atoms with Gasteiger partial charge in [-0.25, -0.2) is 13.2 Å². The maximum Gasteiger partial charge on any atom is 0.335 e. The van der Waals surface area contributed by atoms with Gasteiger partial charge in [-0.05, 0) is 24.6 Å². The summed E-state index contributed by atoms with van der Waals surface area (Å²) < 4.78 is 24.8. The fourth-order valence-electron chi connectivity index (χ4n) is 1.55. The molecule has 112 valence electrons. The number of rotatable bonds is 5. The van der Waals surface area contributed by atoms with E-state index >= 15 is 0 Å². The first kappa shape index (κ1) is 17.2. The highest BCUT2D eigenvalue weighted by Crippen LogP contribution is 2.26. The average molecular weight is 374 g/mol. The summed E-state index contributed by atoms with van der Waals surface area (Å²) in [6, 6.07) is 2.33. The lowest BCUT2D eigenvalue weighted by Gasteiger charge is -2.10.